The lowest BCUT2D eigenvalue weighted by atomic mass is 10.2. The molecule has 1 aromatic heterocycles. The van der Waals surface area contributed by atoms with Crippen LogP contribution in [0, 0.1) is 0 Å². The molecule has 0 bridgehead atoms. The van der Waals surface area contributed by atoms with Gasteiger partial charge in [0.05, 0.1) is 6.26 Å². The number of ether oxygens (including phenoxy) is 1. The van der Waals surface area contributed by atoms with Gasteiger partial charge in [-0.05, 0) is 44.6 Å². The second-order valence-electron chi connectivity index (χ2n) is 4.14. The fourth-order valence-corrected chi connectivity index (χ4v) is 1.88. The average Bonchev–Trinajstić information content (AvgIpc) is 2.81. The van der Waals surface area contributed by atoms with Crippen LogP contribution in [0.4, 0.5) is 0 Å². The summed E-state index contributed by atoms with van der Waals surface area (Å²) in [4.78, 5) is 0. The molecule has 0 saturated heterocycles. The first-order valence-corrected chi connectivity index (χ1v) is 6.77. The first-order chi connectivity index (χ1) is 8.72. The summed E-state index contributed by atoms with van der Waals surface area (Å²) in [6.07, 6.45) is 3.47. The summed E-state index contributed by atoms with van der Waals surface area (Å²) in [5.74, 6) is 0.967. The Morgan fingerprint density at radius 1 is 1.56 bits per heavy atom. The SMILES string of the molecule is CCOCCCNC(=S)NC(C)Cc1ccco1. The number of rotatable bonds is 8. The minimum absolute atomic E-state index is 0.253. The van der Waals surface area contributed by atoms with Crippen molar-refractivity contribution in [1.29, 1.82) is 0 Å². The maximum atomic E-state index is 5.29. The number of nitrogens with one attached hydrogen (secondary N) is 2. The zero-order valence-electron chi connectivity index (χ0n) is 11.1. The quantitative estimate of drug-likeness (QED) is 0.559. The third-order valence-electron chi connectivity index (χ3n) is 2.42. The molecule has 1 unspecified atom stereocenters. The fourth-order valence-electron chi connectivity index (χ4n) is 1.58. The van der Waals surface area contributed by atoms with Crippen molar-refractivity contribution < 1.29 is 9.15 Å². The molecule has 0 aromatic carbocycles. The molecule has 0 aliphatic heterocycles. The van der Waals surface area contributed by atoms with Crippen LogP contribution in [-0.4, -0.2) is 30.9 Å². The Labute approximate surface area is 114 Å². The Balaban J connectivity index is 2.08. The van der Waals surface area contributed by atoms with E-state index in [1.54, 1.807) is 6.26 Å². The highest BCUT2D eigenvalue weighted by Crippen LogP contribution is 2.03. The van der Waals surface area contributed by atoms with E-state index >= 15 is 0 Å². The molecule has 1 rings (SSSR count). The van der Waals surface area contributed by atoms with Crippen LogP contribution in [0.2, 0.25) is 0 Å². The smallest absolute Gasteiger partial charge is 0.166 e. The number of hydrogen-bond donors (Lipinski definition) is 2. The van der Waals surface area contributed by atoms with E-state index in [1.807, 2.05) is 19.1 Å². The minimum atomic E-state index is 0.253. The van der Waals surface area contributed by atoms with Crippen LogP contribution in [0.1, 0.15) is 26.0 Å². The highest BCUT2D eigenvalue weighted by atomic mass is 32.1. The molecule has 0 spiro atoms. The Bertz CT molecular complexity index is 328. The van der Waals surface area contributed by atoms with Gasteiger partial charge in [-0.2, -0.15) is 0 Å². The van der Waals surface area contributed by atoms with Gasteiger partial charge in [-0.25, -0.2) is 0 Å². The second-order valence-corrected chi connectivity index (χ2v) is 4.54. The van der Waals surface area contributed by atoms with Crippen LogP contribution in [0.3, 0.4) is 0 Å². The lowest BCUT2D eigenvalue weighted by Gasteiger charge is -2.16. The molecule has 1 atom stereocenters. The summed E-state index contributed by atoms with van der Waals surface area (Å²) in [5, 5.41) is 7.08. The first kappa shape index (κ1) is 15.0. The van der Waals surface area contributed by atoms with E-state index in [0.717, 1.165) is 38.4 Å². The number of furan rings is 1. The molecule has 0 radical (unpaired) electrons. The summed E-state index contributed by atoms with van der Waals surface area (Å²) in [6.45, 7) is 6.45. The summed E-state index contributed by atoms with van der Waals surface area (Å²) in [7, 11) is 0. The molecule has 2 N–H and O–H groups in total. The van der Waals surface area contributed by atoms with Gasteiger partial charge in [0.15, 0.2) is 5.11 Å². The van der Waals surface area contributed by atoms with Crippen LogP contribution in [0.5, 0.6) is 0 Å². The van der Waals surface area contributed by atoms with Gasteiger partial charge >= 0.3 is 0 Å². The molecule has 0 aliphatic rings. The molecule has 4 nitrogen and oxygen atoms in total. The summed E-state index contributed by atoms with van der Waals surface area (Å²) in [6, 6.07) is 4.12. The molecule has 18 heavy (non-hydrogen) atoms. The molecular weight excluding hydrogens is 248 g/mol. The molecule has 1 heterocycles. The normalized spacial score (nSPS) is 12.1. The molecule has 102 valence electrons. The van der Waals surface area contributed by atoms with Crippen molar-refractivity contribution in [2.24, 2.45) is 0 Å². The van der Waals surface area contributed by atoms with Gasteiger partial charge in [0, 0.05) is 32.2 Å². The van der Waals surface area contributed by atoms with Crippen molar-refractivity contribution >= 4 is 17.3 Å². The lowest BCUT2D eigenvalue weighted by Crippen LogP contribution is -2.41. The summed E-state index contributed by atoms with van der Waals surface area (Å²) >= 11 is 5.21. The van der Waals surface area contributed by atoms with Gasteiger partial charge in [-0.1, -0.05) is 0 Å². The van der Waals surface area contributed by atoms with Gasteiger partial charge in [-0.3, -0.25) is 0 Å². The van der Waals surface area contributed by atoms with Crippen LogP contribution in [-0.2, 0) is 11.2 Å². The molecule has 1 aromatic rings. The molecule has 0 saturated carbocycles. The maximum Gasteiger partial charge on any atom is 0.166 e. The topological polar surface area (TPSA) is 46.4 Å². The molecular formula is C13H22N2O2S. The van der Waals surface area contributed by atoms with Gasteiger partial charge in [0.25, 0.3) is 0 Å². The van der Waals surface area contributed by atoms with Gasteiger partial charge in [0.2, 0.25) is 0 Å². The predicted molar refractivity (Wildman–Crippen MR) is 76.7 cm³/mol. The monoisotopic (exact) mass is 270 g/mol. The Morgan fingerprint density at radius 3 is 3.06 bits per heavy atom. The fraction of sp³-hybridized carbons (Fsp3) is 0.615. The van der Waals surface area contributed by atoms with E-state index in [1.165, 1.54) is 0 Å². The van der Waals surface area contributed by atoms with Crippen LogP contribution < -0.4 is 10.6 Å². The predicted octanol–water partition coefficient (Wildman–Crippen LogP) is 2.10. The van der Waals surface area contributed by atoms with Crippen LogP contribution in [0.15, 0.2) is 22.8 Å². The molecule has 0 aliphatic carbocycles. The molecule has 0 amide bonds. The third kappa shape index (κ3) is 6.61. The zero-order valence-corrected chi connectivity index (χ0v) is 11.9. The highest BCUT2D eigenvalue weighted by Gasteiger charge is 2.06. The van der Waals surface area contributed by atoms with E-state index in [2.05, 4.69) is 17.6 Å². The van der Waals surface area contributed by atoms with Crippen LogP contribution >= 0.6 is 12.2 Å². The lowest BCUT2D eigenvalue weighted by molar-refractivity contribution is 0.145. The van der Waals surface area contributed by atoms with E-state index in [0.29, 0.717) is 5.11 Å². The van der Waals surface area contributed by atoms with Crippen molar-refractivity contribution in [1.82, 2.24) is 10.6 Å². The van der Waals surface area contributed by atoms with E-state index in [4.69, 9.17) is 21.4 Å². The largest absolute Gasteiger partial charge is 0.469 e. The number of thiocarbonyl (C=S) groups is 1. The second kappa shape index (κ2) is 8.94. The standard InChI is InChI=1S/C13H22N2O2S/c1-3-16-8-5-7-14-13(18)15-11(2)10-12-6-4-9-17-12/h4,6,9,11H,3,5,7-8,10H2,1-2H3,(H2,14,15,18). The Hall–Kier alpha value is -1.07. The van der Waals surface area contributed by atoms with Crippen molar-refractivity contribution in [2.75, 3.05) is 19.8 Å². The Kier molecular flexibility index (Phi) is 7.44. The van der Waals surface area contributed by atoms with Gasteiger partial charge in [0.1, 0.15) is 5.76 Å². The summed E-state index contributed by atoms with van der Waals surface area (Å²) in [5.41, 5.74) is 0. The van der Waals surface area contributed by atoms with Crippen molar-refractivity contribution in [3.05, 3.63) is 24.2 Å². The van der Waals surface area contributed by atoms with Crippen molar-refractivity contribution in [3.63, 3.8) is 0 Å². The highest BCUT2D eigenvalue weighted by molar-refractivity contribution is 7.80. The average molecular weight is 270 g/mol. The van der Waals surface area contributed by atoms with Gasteiger partial charge in [-0.15, -0.1) is 0 Å². The van der Waals surface area contributed by atoms with E-state index in [9.17, 15) is 0 Å². The minimum Gasteiger partial charge on any atom is -0.469 e. The molecule has 5 heteroatoms. The number of hydrogen-bond acceptors (Lipinski definition) is 3. The zero-order chi connectivity index (χ0) is 13.2. The maximum absolute atomic E-state index is 5.29. The van der Waals surface area contributed by atoms with E-state index < -0.39 is 0 Å². The van der Waals surface area contributed by atoms with Gasteiger partial charge < -0.3 is 19.8 Å². The van der Waals surface area contributed by atoms with Crippen LogP contribution in [0.25, 0.3) is 0 Å². The molecule has 0 fully saturated rings. The Morgan fingerprint density at radius 2 is 2.39 bits per heavy atom. The summed E-state index contributed by atoms with van der Waals surface area (Å²) < 4.78 is 10.5. The first-order valence-electron chi connectivity index (χ1n) is 6.37. The third-order valence-corrected chi connectivity index (χ3v) is 2.68. The van der Waals surface area contributed by atoms with E-state index in [-0.39, 0.29) is 6.04 Å². The van der Waals surface area contributed by atoms with Crippen molar-refractivity contribution in [3.8, 4) is 0 Å². The van der Waals surface area contributed by atoms with Crippen molar-refractivity contribution in [2.45, 2.75) is 32.7 Å².